The van der Waals surface area contributed by atoms with E-state index in [4.69, 9.17) is 4.74 Å². The maximum absolute atomic E-state index is 12.4. The minimum absolute atomic E-state index is 0.168. The summed E-state index contributed by atoms with van der Waals surface area (Å²) in [5.41, 5.74) is 2.02. The smallest absolute Gasteiger partial charge is 0.329 e. The minimum atomic E-state index is -0.449. The molecule has 1 fully saturated rings. The monoisotopic (exact) mass is 384 g/mol. The number of para-hydroxylation sites is 1. The van der Waals surface area contributed by atoms with Crippen molar-refractivity contribution in [1.29, 1.82) is 0 Å². The van der Waals surface area contributed by atoms with Gasteiger partial charge in [0.1, 0.15) is 18.1 Å². The van der Waals surface area contributed by atoms with E-state index < -0.39 is 6.03 Å². The van der Waals surface area contributed by atoms with Crippen LogP contribution in [0.4, 0.5) is 4.79 Å². The molecule has 5 nitrogen and oxygen atoms in total. The van der Waals surface area contributed by atoms with Crippen molar-refractivity contribution in [1.82, 2.24) is 10.2 Å². The van der Waals surface area contributed by atoms with Gasteiger partial charge in [-0.25, -0.2) is 4.79 Å². The largest absolute Gasteiger partial charge is 0.488 e. The van der Waals surface area contributed by atoms with Crippen molar-refractivity contribution < 1.29 is 14.3 Å². The molecule has 3 aromatic carbocycles. The van der Waals surface area contributed by atoms with Crippen LogP contribution in [-0.4, -0.2) is 23.4 Å². The molecule has 144 valence electrons. The van der Waals surface area contributed by atoms with E-state index in [-0.39, 0.29) is 18.1 Å². The van der Waals surface area contributed by atoms with Gasteiger partial charge in [-0.05, 0) is 28.5 Å². The molecule has 3 amide bonds. The van der Waals surface area contributed by atoms with Gasteiger partial charge in [0.15, 0.2) is 0 Å². The number of carbonyl (C=O) groups excluding carboxylic acids is 2. The highest BCUT2D eigenvalue weighted by atomic mass is 16.5. The van der Waals surface area contributed by atoms with Crippen LogP contribution in [0.25, 0.3) is 16.8 Å². The van der Waals surface area contributed by atoms with Crippen molar-refractivity contribution in [2.45, 2.75) is 6.61 Å². The van der Waals surface area contributed by atoms with Gasteiger partial charge in [-0.2, -0.15) is 0 Å². The van der Waals surface area contributed by atoms with E-state index in [1.54, 1.807) is 6.08 Å². The Kier molecular flexibility index (Phi) is 5.12. The molecule has 0 saturated carbocycles. The predicted octanol–water partition coefficient (Wildman–Crippen LogP) is 4.50. The Morgan fingerprint density at radius 2 is 1.72 bits per heavy atom. The van der Waals surface area contributed by atoms with Crippen LogP contribution in [0.1, 0.15) is 11.1 Å². The number of carbonyl (C=O) groups is 2. The molecule has 1 aliphatic rings. The number of fused-ring (bicyclic) bond motifs is 1. The molecule has 29 heavy (non-hydrogen) atoms. The number of urea groups is 1. The third-order valence-corrected chi connectivity index (χ3v) is 4.76. The lowest BCUT2D eigenvalue weighted by molar-refractivity contribution is -0.122. The minimum Gasteiger partial charge on any atom is -0.488 e. The van der Waals surface area contributed by atoms with Crippen LogP contribution in [0.5, 0.6) is 5.75 Å². The molecule has 4 rings (SSSR count). The van der Waals surface area contributed by atoms with Crippen molar-refractivity contribution in [3.63, 3.8) is 0 Å². The quantitative estimate of drug-likeness (QED) is 0.387. The van der Waals surface area contributed by atoms with Gasteiger partial charge >= 0.3 is 6.03 Å². The summed E-state index contributed by atoms with van der Waals surface area (Å²) < 4.78 is 6.08. The molecule has 0 unspecified atom stereocenters. The molecule has 1 aliphatic heterocycles. The fourth-order valence-electron chi connectivity index (χ4n) is 3.33. The normalized spacial score (nSPS) is 15.0. The Morgan fingerprint density at radius 3 is 2.59 bits per heavy atom. The molecule has 1 saturated heterocycles. The van der Waals surface area contributed by atoms with Gasteiger partial charge in [0.05, 0.1) is 0 Å². The van der Waals surface area contributed by atoms with Gasteiger partial charge < -0.3 is 10.1 Å². The molecule has 0 aliphatic carbocycles. The fourth-order valence-corrected chi connectivity index (χ4v) is 3.33. The lowest BCUT2D eigenvalue weighted by Gasteiger charge is -2.11. The van der Waals surface area contributed by atoms with Crippen LogP contribution in [0.15, 0.2) is 85.1 Å². The molecule has 1 heterocycles. The fraction of sp³-hybridized carbons (Fsp3) is 0.0833. The summed E-state index contributed by atoms with van der Waals surface area (Å²) >= 11 is 0. The molecular weight excluding hydrogens is 364 g/mol. The van der Waals surface area contributed by atoms with Crippen molar-refractivity contribution in [2.75, 3.05) is 6.54 Å². The maximum atomic E-state index is 12.4. The second kappa shape index (κ2) is 8.02. The SMILES string of the molecule is C=CCN1C(=O)N/C(=C/c2ccccc2OCc2cccc3ccccc23)C1=O. The molecule has 5 heteroatoms. The maximum Gasteiger partial charge on any atom is 0.329 e. The second-order valence-electron chi connectivity index (χ2n) is 6.66. The zero-order valence-electron chi connectivity index (χ0n) is 15.8. The van der Waals surface area contributed by atoms with Gasteiger partial charge in [0.2, 0.25) is 0 Å². The molecule has 1 N–H and O–H groups in total. The summed E-state index contributed by atoms with van der Waals surface area (Å²) in [6.07, 6.45) is 3.16. The van der Waals surface area contributed by atoms with E-state index >= 15 is 0 Å². The summed E-state index contributed by atoms with van der Waals surface area (Å²) in [4.78, 5) is 25.5. The molecule has 0 bridgehead atoms. The zero-order valence-corrected chi connectivity index (χ0v) is 15.8. The first kappa shape index (κ1) is 18.5. The summed E-state index contributed by atoms with van der Waals surface area (Å²) in [7, 11) is 0. The zero-order chi connectivity index (χ0) is 20.2. The van der Waals surface area contributed by atoms with Crippen molar-refractivity contribution in [3.05, 3.63) is 96.2 Å². The van der Waals surface area contributed by atoms with E-state index in [2.05, 4.69) is 30.1 Å². The molecule has 0 spiro atoms. The highest BCUT2D eigenvalue weighted by Crippen LogP contribution is 2.25. The van der Waals surface area contributed by atoms with Gasteiger partial charge in [0.25, 0.3) is 5.91 Å². The summed E-state index contributed by atoms with van der Waals surface area (Å²) in [5, 5.41) is 4.91. The first-order chi connectivity index (χ1) is 14.2. The Hall–Kier alpha value is -3.86. The number of rotatable bonds is 6. The second-order valence-corrected chi connectivity index (χ2v) is 6.66. The van der Waals surface area contributed by atoms with Crippen LogP contribution in [0.2, 0.25) is 0 Å². The Morgan fingerprint density at radius 1 is 0.966 bits per heavy atom. The first-order valence-electron chi connectivity index (χ1n) is 9.31. The molecule has 0 aromatic heterocycles. The number of hydrogen-bond acceptors (Lipinski definition) is 3. The number of benzene rings is 3. The predicted molar refractivity (Wildman–Crippen MR) is 113 cm³/mol. The lowest BCUT2D eigenvalue weighted by atomic mass is 10.1. The summed E-state index contributed by atoms with van der Waals surface area (Å²) in [5.74, 6) is 0.260. The molecule has 0 atom stereocenters. The van der Waals surface area contributed by atoms with E-state index in [1.165, 1.54) is 6.08 Å². The van der Waals surface area contributed by atoms with Gasteiger partial charge in [-0.1, -0.05) is 66.7 Å². The van der Waals surface area contributed by atoms with Crippen LogP contribution in [0, 0.1) is 0 Å². The topological polar surface area (TPSA) is 58.6 Å². The molecule has 0 radical (unpaired) electrons. The Labute approximate surface area is 168 Å². The van der Waals surface area contributed by atoms with Crippen LogP contribution in [0.3, 0.4) is 0 Å². The average molecular weight is 384 g/mol. The van der Waals surface area contributed by atoms with Crippen molar-refractivity contribution in [2.24, 2.45) is 0 Å². The van der Waals surface area contributed by atoms with Crippen molar-refractivity contribution >= 4 is 28.8 Å². The third kappa shape index (κ3) is 3.75. The molecule has 3 aromatic rings. The third-order valence-electron chi connectivity index (χ3n) is 4.76. The van der Waals surface area contributed by atoms with E-state index in [1.807, 2.05) is 48.5 Å². The van der Waals surface area contributed by atoms with Crippen LogP contribution >= 0.6 is 0 Å². The number of amides is 3. The summed E-state index contributed by atoms with van der Waals surface area (Å²) in [6, 6.07) is 21.3. The number of imide groups is 1. The van der Waals surface area contributed by atoms with Crippen LogP contribution in [-0.2, 0) is 11.4 Å². The number of nitrogens with one attached hydrogen (secondary N) is 1. The van der Waals surface area contributed by atoms with Gasteiger partial charge in [-0.15, -0.1) is 6.58 Å². The van der Waals surface area contributed by atoms with E-state index in [9.17, 15) is 9.59 Å². The highest BCUT2D eigenvalue weighted by molar-refractivity contribution is 6.14. The Bertz CT molecular complexity index is 1130. The molecular formula is C24H20N2O3. The lowest BCUT2D eigenvalue weighted by Crippen LogP contribution is -2.30. The van der Waals surface area contributed by atoms with Gasteiger partial charge in [-0.3, -0.25) is 9.69 Å². The van der Waals surface area contributed by atoms with Crippen LogP contribution < -0.4 is 10.1 Å². The van der Waals surface area contributed by atoms with Crippen molar-refractivity contribution in [3.8, 4) is 5.75 Å². The standard InChI is InChI=1S/C24H20N2O3/c1-2-14-26-23(27)21(25-24(26)28)15-18-9-4-6-13-22(18)29-16-19-11-7-10-17-8-3-5-12-20(17)19/h2-13,15H,1,14,16H2,(H,25,28)/b21-15+. The number of hydrogen-bond donors (Lipinski definition) is 1. The number of ether oxygens (including phenoxy) is 1. The van der Waals surface area contributed by atoms with E-state index in [0.29, 0.717) is 12.4 Å². The number of nitrogens with zero attached hydrogens (tertiary/aromatic N) is 1. The van der Waals surface area contributed by atoms with E-state index in [0.717, 1.165) is 26.8 Å². The van der Waals surface area contributed by atoms with Gasteiger partial charge in [0, 0.05) is 12.1 Å². The highest BCUT2D eigenvalue weighted by Gasteiger charge is 2.32. The average Bonchev–Trinajstić information content (AvgIpc) is 3.01. The Balaban J connectivity index is 1.59. The first-order valence-corrected chi connectivity index (χ1v) is 9.31. The summed E-state index contributed by atoms with van der Waals surface area (Å²) in [6.45, 7) is 4.14.